The van der Waals surface area contributed by atoms with Gasteiger partial charge in [0.1, 0.15) is 5.69 Å². The van der Waals surface area contributed by atoms with Gasteiger partial charge in [-0.05, 0) is 18.2 Å². The Labute approximate surface area is 160 Å². The van der Waals surface area contributed by atoms with Gasteiger partial charge in [0.15, 0.2) is 5.16 Å². The van der Waals surface area contributed by atoms with Crippen molar-refractivity contribution in [3.8, 4) is 0 Å². The molecule has 1 aromatic heterocycles. The van der Waals surface area contributed by atoms with Crippen molar-refractivity contribution in [1.29, 1.82) is 0 Å². The molecule has 0 fully saturated rings. The lowest BCUT2D eigenvalue weighted by molar-refractivity contribution is -0.383. The van der Waals surface area contributed by atoms with Crippen molar-refractivity contribution in [2.75, 3.05) is 11.1 Å². The standard InChI is InChI=1S/C19H18N4O3S/c1-2-12-22-16-9-5-3-7-14(16)21-19(22)27-13-11-18(24)20-15-8-4-6-10-17(15)23(25)26/h2-10H,1,11-13H2,(H,20,24). The summed E-state index contributed by atoms with van der Waals surface area (Å²) in [5, 5.41) is 14.4. The number of hydrogen-bond donors (Lipinski definition) is 1. The highest BCUT2D eigenvalue weighted by Crippen LogP contribution is 2.26. The van der Waals surface area contributed by atoms with Gasteiger partial charge in [-0.1, -0.05) is 42.1 Å². The van der Waals surface area contributed by atoms with E-state index in [9.17, 15) is 14.9 Å². The highest BCUT2D eigenvalue weighted by Gasteiger charge is 2.15. The Hall–Kier alpha value is -3.13. The van der Waals surface area contributed by atoms with E-state index in [1.54, 1.807) is 18.2 Å². The molecule has 0 aliphatic heterocycles. The molecule has 7 nitrogen and oxygen atoms in total. The number of nitrogens with one attached hydrogen (secondary N) is 1. The molecule has 0 radical (unpaired) electrons. The molecular weight excluding hydrogens is 364 g/mol. The zero-order chi connectivity index (χ0) is 19.2. The SMILES string of the molecule is C=CCn1c(SCCC(=O)Nc2ccccc2[N+](=O)[O-])nc2ccccc21. The van der Waals surface area contributed by atoms with Crippen LogP contribution in [0.2, 0.25) is 0 Å². The van der Waals surface area contributed by atoms with Gasteiger partial charge in [-0.2, -0.15) is 0 Å². The third kappa shape index (κ3) is 4.35. The Morgan fingerprint density at radius 2 is 2.00 bits per heavy atom. The summed E-state index contributed by atoms with van der Waals surface area (Å²) in [5.74, 6) is 0.232. The second-order valence-electron chi connectivity index (χ2n) is 5.70. The minimum Gasteiger partial charge on any atom is -0.320 e. The molecule has 0 saturated heterocycles. The van der Waals surface area contributed by atoms with Crippen molar-refractivity contribution in [1.82, 2.24) is 9.55 Å². The van der Waals surface area contributed by atoms with Crippen LogP contribution in [0, 0.1) is 10.1 Å². The van der Waals surface area contributed by atoms with Crippen molar-refractivity contribution < 1.29 is 9.72 Å². The molecule has 3 rings (SSSR count). The van der Waals surface area contributed by atoms with Gasteiger partial charge in [0, 0.05) is 24.8 Å². The number of benzene rings is 2. The fourth-order valence-corrected chi connectivity index (χ4v) is 3.62. The number of carbonyl (C=O) groups excluding carboxylic acids is 1. The highest BCUT2D eigenvalue weighted by atomic mass is 32.2. The smallest absolute Gasteiger partial charge is 0.292 e. The number of nitrogens with zero attached hydrogens (tertiary/aromatic N) is 3. The maximum absolute atomic E-state index is 12.2. The topological polar surface area (TPSA) is 90.1 Å². The van der Waals surface area contributed by atoms with Gasteiger partial charge in [0.25, 0.3) is 5.69 Å². The molecule has 0 unspecified atom stereocenters. The summed E-state index contributed by atoms with van der Waals surface area (Å²) in [7, 11) is 0. The van der Waals surface area contributed by atoms with Gasteiger partial charge in [0.05, 0.1) is 16.0 Å². The van der Waals surface area contributed by atoms with Gasteiger partial charge in [-0.3, -0.25) is 14.9 Å². The summed E-state index contributed by atoms with van der Waals surface area (Å²) >= 11 is 1.47. The molecule has 1 heterocycles. The molecule has 1 N–H and O–H groups in total. The molecule has 0 atom stereocenters. The Bertz CT molecular complexity index is 1000. The molecule has 0 aliphatic carbocycles. The summed E-state index contributed by atoms with van der Waals surface area (Å²) in [5.41, 5.74) is 2.00. The van der Waals surface area contributed by atoms with Gasteiger partial charge in [-0.15, -0.1) is 6.58 Å². The molecule has 8 heteroatoms. The largest absolute Gasteiger partial charge is 0.320 e. The molecule has 138 valence electrons. The molecule has 1 amide bonds. The van der Waals surface area contributed by atoms with E-state index in [0.29, 0.717) is 12.3 Å². The van der Waals surface area contributed by atoms with Crippen LogP contribution in [0.4, 0.5) is 11.4 Å². The summed E-state index contributed by atoms with van der Waals surface area (Å²) in [4.78, 5) is 27.3. The second kappa shape index (κ2) is 8.50. The number of amides is 1. The number of rotatable bonds is 8. The van der Waals surface area contributed by atoms with Crippen LogP contribution < -0.4 is 5.32 Å². The lowest BCUT2D eigenvalue weighted by atomic mass is 10.2. The number of imidazole rings is 1. The number of allylic oxidation sites excluding steroid dienone is 1. The monoisotopic (exact) mass is 382 g/mol. The summed E-state index contributed by atoms with van der Waals surface area (Å²) in [6.07, 6.45) is 2.02. The van der Waals surface area contributed by atoms with Crippen LogP contribution in [0.15, 0.2) is 66.3 Å². The van der Waals surface area contributed by atoms with E-state index in [1.165, 1.54) is 23.9 Å². The molecule has 27 heavy (non-hydrogen) atoms. The fourth-order valence-electron chi connectivity index (χ4n) is 2.66. The first-order chi connectivity index (χ1) is 13.1. The van der Waals surface area contributed by atoms with Gasteiger partial charge >= 0.3 is 0 Å². The van der Waals surface area contributed by atoms with Crippen LogP contribution in [-0.4, -0.2) is 26.1 Å². The number of carbonyl (C=O) groups is 1. The maximum Gasteiger partial charge on any atom is 0.292 e. The lowest BCUT2D eigenvalue weighted by Crippen LogP contribution is -2.13. The highest BCUT2D eigenvalue weighted by molar-refractivity contribution is 7.99. The molecule has 0 aliphatic rings. The van der Waals surface area contributed by atoms with E-state index >= 15 is 0 Å². The molecule has 0 bridgehead atoms. The van der Waals surface area contributed by atoms with Crippen molar-refractivity contribution >= 4 is 40.1 Å². The first-order valence-corrected chi connectivity index (χ1v) is 9.31. The van der Waals surface area contributed by atoms with Crippen LogP contribution in [0.25, 0.3) is 11.0 Å². The van der Waals surface area contributed by atoms with E-state index in [2.05, 4.69) is 16.9 Å². The lowest BCUT2D eigenvalue weighted by Gasteiger charge is -2.07. The van der Waals surface area contributed by atoms with E-state index in [1.807, 2.05) is 28.8 Å². The average Bonchev–Trinajstić information content (AvgIpc) is 3.00. The van der Waals surface area contributed by atoms with Crippen molar-refractivity contribution in [3.05, 3.63) is 71.3 Å². The van der Waals surface area contributed by atoms with E-state index in [-0.39, 0.29) is 23.7 Å². The Morgan fingerprint density at radius 1 is 1.26 bits per heavy atom. The van der Waals surface area contributed by atoms with E-state index < -0.39 is 4.92 Å². The maximum atomic E-state index is 12.2. The van der Waals surface area contributed by atoms with Crippen molar-refractivity contribution in [3.63, 3.8) is 0 Å². The van der Waals surface area contributed by atoms with E-state index in [4.69, 9.17) is 0 Å². The summed E-state index contributed by atoms with van der Waals surface area (Å²) < 4.78 is 2.05. The number of hydrogen-bond acceptors (Lipinski definition) is 5. The third-order valence-corrected chi connectivity index (χ3v) is 4.84. The number of thioether (sulfide) groups is 1. The van der Waals surface area contributed by atoms with Gasteiger partial charge in [0.2, 0.25) is 5.91 Å². The minimum atomic E-state index is -0.512. The number of fused-ring (bicyclic) bond motifs is 1. The van der Waals surface area contributed by atoms with Crippen LogP contribution in [0.5, 0.6) is 0 Å². The average molecular weight is 382 g/mol. The predicted molar refractivity (Wildman–Crippen MR) is 107 cm³/mol. The van der Waals surface area contributed by atoms with E-state index in [0.717, 1.165) is 16.2 Å². The fraction of sp³-hybridized carbons (Fsp3) is 0.158. The Balaban J connectivity index is 1.64. The third-order valence-electron chi connectivity index (χ3n) is 3.87. The van der Waals surface area contributed by atoms with Crippen molar-refractivity contribution in [2.24, 2.45) is 0 Å². The van der Waals surface area contributed by atoms with Crippen LogP contribution in [-0.2, 0) is 11.3 Å². The zero-order valence-electron chi connectivity index (χ0n) is 14.5. The zero-order valence-corrected chi connectivity index (χ0v) is 15.3. The first-order valence-electron chi connectivity index (χ1n) is 8.32. The number of nitro groups is 1. The summed E-state index contributed by atoms with van der Waals surface area (Å²) in [6.45, 7) is 4.41. The number of nitro benzene ring substituents is 1. The van der Waals surface area contributed by atoms with Crippen LogP contribution in [0.1, 0.15) is 6.42 Å². The van der Waals surface area contributed by atoms with Crippen LogP contribution in [0.3, 0.4) is 0 Å². The number of anilines is 1. The van der Waals surface area contributed by atoms with Crippen molar-refractivity contribution in [2.45, 2.75) is 18.1 Å². The van der Waals surface area contributed by atoms with Gasteiger partial charge < -0.3 is 9.88 Å². The molecule has 0 saturated carbocycles. The molecule has 3 aromatic rings. The predicted octanol–water partition coefficient (Wildman–Crippen LogP) is 4.25. The second-order valence-corrected chi connectivity index (χ2v) is 6.77. The molecular formula is C19H18N4O3S. The Morgan fingerprint density at radius 3 is 2.78 bits per heavy atom. The molecule has 2 aromatic carbocycles. The first kappa shape index (κ1) is 18.7. The van der Waals surface area contributed by atoms with Gasteiger partial charge in [-0.25, -0.2) is 4.98 Å². The number of para-hydroxylation sites is 4. The normalized spacial score (nSPS) is 10.7. The number of aromatic nitrogens is 2. The molecule has 0 spiro atoms. The van der Waals surface area contributed by atoms with Crippen LogP contribution >= 0.6 is 11.8 Å². The quantitative estimate of drug-likeness (QED) is 0.272. The Kier molecular flexibility index (Phi) is 5.87. The minimum absolute atomic E-state index is 0.119. The summed E-state index contributed by atoms with van der Waals surface area (Å²) in [6, 6.07) is 13.9.